The Morgan fingerprint density at radius 2 is 1.94 bits per heavy atom. The van der Waals surface area contributed by atoms with E-state index in [2.05, 4.69) is 18.9 Å². The zero-order valence-electron chi connectivity index (χ0n) is 11.4. The number of ether oxygens (including phenoxy) is 1. The Morgan fingerprint density at radius 3 is 2.47 bits per heavy atom. The molecule has 2 N–H and O–H groups in total. The normalized spacial score (nSPS) is 36.4. The highest BCUT2D eigenvalue weighted by Gasteiger charge is 2.32. The molecule has 1 saturated heterocycles. The predicted molar refractivity (Wildman–Crippen MR) is 71.0 cm³/mol. The largest absolute Gasteiger partial charge is 0.380 e. The highest BCUT2D eigenvalue weighted by Crippen LogP contribution is 2.32. The average Bonchev–Trinajstić information content (AvgIpc) is 2.86. The Balaban J connectivity index is 1.90. The predicted octanol–water partition coefficient (Wildman–Crippen LogP) is 1.86. The zero-order chi connectivity index (χ0) is 12.3. The van der Waals surface area contributed by atoms with Crippen molar-refractivity contribution in [1.82, 2.24) is 4.90 Å². The smallest absolute Gasteiger partial charge is 0.0622 e. The van der Waals surface area contributed by atoms with E-state index in [4.69, 9.17) is 10.5 Å². The summed E-state index contributed by atoms with van der Waals surface area (Å²) in [6.07, 6.45) is 6.67. The molecule has 1 aliphatic heterocycles. The minimum atomic E-state index is 0.564. The number of rotatable bonds is 4. The van der Waals surface area contributed by atoms with Gasteiger partial charge in [-0.1, -0.05) is 19.8 Å². The number of likely N-dealkylation sites (N-methyl/N-ethyl adjacent to an activating group) is 1. The van der Waals surface area contributed by atoms with E-state index in [9.17, 15) is 0 Å². The number of nitrogens with two attached hydrogens (primary N) is 1. The van der Waals surface area contributed by atoms with Crippen LogP contribution < -0.4 is 5.73 Å². The minimum absolute atomic E-state index is 0.564. The highest BCUT2D eigenvalue weighted by atomic mass is 16.5. The van der Waals surface area contributed by atoms with E-state index in [-0.39, 0.29) is 0 Å². The third kappa shape index (κ3) is 3.21. The maximum absolute atomic E-state index is 6.02. The molecule has 17 heavy (non-hydrogen) atoms. The second kappa shape index (κ2) is 6.17. The monoisotopic (exact) mass is 240 g/mol. The Morgan fingerprint density at radius 1 is 1.24 bits per heavy atom. The van der Waals surface area contributed by atoms with Gasteiger partial charge in [-0.2, -0.15) is 0 Å². The molecule has 3 nitrogen and oxygen atoms in total. The van der Waals surface area contributed by atoms with Crippen LogP contribution in [0.5, 0.6) is 0 Å². The summed E-state index contributed by atoms with van der Waals surface area (Å²) in [5, 5.41) is 0. The summed E-state index contributed by atoms with van der Waals surface area (Å²) in [7, 11) is 2.24. The van der Waals surface area contributed by atoms with Crippen LogP contribution in [0.15, 0.2) is 0 Å². The lowest BCUT2D eigenvalue weighted by molar-refractivity contribution is 0.0858. The quantitative estimate of drug-likeness (QED) is 0.815. The molecule has 0 aromatic carbocycles. The molecule has 1 aliphatic carbocycles. The van der Waals surface area contributed by atoms with Gasteiger partial charge in [0, 0.05) is 25.2 Å². The van der Waals surface area contributed by atoms with Gasteiger partial charge in [0.2, 0.25) is 0 Å². The van der Waals surface area contributed by atoms with Gasteiger partial charge in [0.15, 0.2) is 0 Å². The molecule has 0 amide bonds. The van der Waals surface area contributed by atoms with Crippen molar-refractivity contribution >= 4 is 0 Å². The van der Waals surface area contributed by atoms with Crippen molar-refractivity contribution in [3.05, 3.63) is 0 Å². The van der Waals surface area contributed by atoms with Gasteiger partial charge in [0.25, 0.3) is 0 Å². The lowest BCUT2D eigenvalue weighted by Crippen LogP contribution is -2.49. The van der Waals surface area contributed by atoms with Crippen molar-refractivity contribution in [2.24, 2.45) is 17.6 Å². The molecule has 2 atom stereocenters. The van der Waals surface area contributed by atoms with Gasteiger partial charge < -0.3 is 10.5 Å². The summed E-state index contributed by atoms with van der Waals surface area (Å²) >= 11 is 0. The summed E-state index contributed by atoms with van der Waals surface area (Å²) in [6, 6.07) is 1.16. The molecule has 1 saturated carbocycles. The Hall–Kier alpha value is -0.120. The minimum Gasteiger partial charge on any atom is -0.380 e. The Bertz CT molecular complexity index is 220. The van der Waals surface area contributed by atoms with Crippen molar-refractivity contribution in [3.8, 4) is 0 Å². The van der Waals surface area contributed by atoms with E-state index >= 15 is 0 Å². The van der Waals surface area contributed by atoms with E-state index in [1.807, 2.05) is 0 Å². The highest BCUT2D eigenvalue weighted by molar-refractivity contribution is 4.86. The van der Waals surface area contributed by atoms with Gasteiger partial charge in [-0.15, -0.1) is 0 Å². The maximum atomic E-state index is 6.02. The molecule has 0 bridgehead atoms. The SMILES string of the molecule is CC1CCC(C(CN)N(C)C2CCOC2)CC1. The summed E-state index contributed by atoms with van der Waals surface area (Å²) in [5.74, 6) is 1.73. The second-order valence-electron chi connectivity index (χ2n) is 6.01. The molecule has 0 aromatic heterocycles. The first-order chi connectivity index (χ1) is 8.22. The van der Waals surface area contributed by atoms with Crippen LogP contribution in [0.2, 0.25) is 0 Å². The third-order valence-electron chi connectivity index (χ3n) is 4.85. The molecule has 2 fully saturated rings. The molecule has 0 aromatic rings. The van der Waals surface area contributed by atoms with Crippen LogP contribution >= 0.6 is 0 Å². The number of nitrogens with zero attached hydrogens (tertiary/aromatic N) is 1. The topological polar surface area (TPSA) is 38.5 Å². The molecule has 0 radical (unpaired) electrons. The molecule has 2 aliphatic rings. The van der Waals surface area contributed by atoms with E-state index < -0.39 is 0 Å². The lowest BCUT2D eigenvalue weighted by Gasteiger charge is -2.39. The molecular formula is C14H28N2O. The molecule has 0 spiro atoms. The van der Waals surface area contributed by atoms with Crippen LogP contribution in [0.4, 0.5) is 0 Å². The second-order valence-corrected chi connectivity index (χ2v) is 6.01. The van der Waals surface area contributed by atoms with Gasteiger partial charge in [-0.3, -0.25) is 4.90 Å². The van der Waals surface area contributed by atoms with Crippen LogP contribution in [-0.4, -0.2) is 43.8 Å². The van der Waals surface area contributed by atoms with Crippen LogP contribution in [0.25, 0.3) is 0 Å². The van der Waals surface area contributed by atoms with Crippen molar-refractivity contribution < 1.29 is 4.74 Å². The first-order valence-electron chi connectivity index (χ1n) is 7.22. The van der Waals surface area contributed by atoms with Gasteiger partial charge in [-0.05, 0) is 38.1 Å². The Labute approximate surface area is 106 Å². The first-order valence-corrected chi connectivity index (χ1v) is 7.22. The maximum Gasteiger partial charge on any atom is 0.0622 e. The van der Waals surface area contributed by atoms with Gasteiger partial charge in [0.1, 0.15) is 0 Å². The molecule has 2 rings (SSSR count). The number of hydrogen-bond acceptors (Lipinski definition) is 3. The lowest BCUT2D eigenvalue weighted by atomic mass is 9.78. The summed E-state index contributed by atoms with van der Waals surface area (Å²) in [6.45, 7) is 5.00. The van der Waals surface area contributed by atoms with E-state index in [1.54, 1.807) is 0 Å². The van der Waals surface area contributed by atoms with Crippen molar-refractivity contribution in [2.45, 2.75) is 51.1 Å². The molecule has 1 heterocycles. The molecular weight excluding hydrogens is 212 g/mol. The molecule has 100 valence electrons. The van der Waals surface area contributed by atoms with Crippen LogP contribution in [0.3, 0.4) is 0 Å². The van der Waals surface area contributed by atoms with Crippen molar-refractivity contribution in [3.63, 3.8) is 0 Å². The van der Waals surface area contributed by atoms with E-state index in [0.29, 0.717) is 12.1 Å². The fourth-order valence-electron chi connectivity index (χ4n) is 3.48. The fourth-order valence-corrected chi connectivity index (χ4v) is 3.48. The van der Waals surface area contributed by atoms with Crippen molar-refractivity contribution in [1.29, 1.82) is 0 Å². The fraction of sp³-hybridized carbons (Fsp3) is 1.00. The first kappa shape index (κ1) is 13.3. The van der Waals surface area contributed by atoms with E-state index in [0.717, 1.165) is 31.6 Å². The number of hydrogen-bond donors (Lipinski definition) is 1. The Kier molecular flexibility index (Phi) is 4.83. The van der Waals surface area contributed by atoms with Gasteiger partial charge in [-0.25, -0.2) is 0 Å². The molecule has 3 heteroatoms. The summed E-state index contributed by atoms with van der Waals surface area (Å²) < 4.78 is 5.49. The van der Waals surface area contributed by atoms with Crippen LogP contribution in [0, 0.1) is 11.8 Å². The average molecular weight is 240 g/mol. The van der Waals surface area contributed by atoms with Gasteiger partial charge >= 0.3 is 0 Å². The van der Waals surface area contributed by atoms with Crippen molar-refractivity contribution in [2.75, 3.05) is 26.8 Å². The van der Waals surface area contributed by atoms with E-state index in [1.165, 1.54) is 32.1 Å². The summed E-state index contributed by atoms with van der Waals surface area (Å²) in [5.41, 5.74) is 6.02. The summed E-state index contributed by atoms with van der Waals surface area (Å²) in [4.78, 5) is 2.51. The van der Waals surface area contributed by atoms with Crippen LogP contribution in [-0.2, 0) is 4.74 Å². The van der Waals surface area contributed by atoms with Crippen LogP contribution in [0.1, 0.15) is 39.0 Å². The zero-order valence-corrected chi connectivity index (χ0v) is 11.4. The molecule has 2 unspecified atom stereocenters. The third-order valence-corrected chi connectivity index (χ3v) is 4.85. The standard InChI is InChI=1S/C14H28N2O/c1-11-3-5-12(6-4-11)14(9-15)16(2)13-7-8-17-10-13/h11-14H,3-10,15H2,1-2H3. The van der Waals surface area contributed by atoms with Gasteiger partial charge in [0.05, 0.1) is 6.61 Å².